The van der Waals surface area contributed by atoms with Crippen LogP contribution in [0, 0.1) is 0 Å². The molecule has 2 aromatic carbocycles. The van der Waals surface area contributed by atoms with Crippen molar-refractivity contribution in [3.05, 3.63) is 69.7 Å². The van der Waals surface area contributed by atoms with Gasteiger partial charge >= 0.3 is 0 Å². The molecule has 0 radical (unpaired) electrons. The van der Waals surface area contributed by atoms with Gasteiger partial charge in [-0.25, -0.2) is 0 Å². The Morgan fingerprint density at radius 1 is 0.744 bits per heavy atom. The van der Waals surface area contributed by atoms with Gasteiger partial charge in [-0.05, 0) is 54.9 Å². The van der Waals surface area contributed by atoms with Crippen molar-refractivity contribution in [1.82, 2.24) is 0 Å². The lowest BCUT2D eigenvalue weighted by Crippen LogP contribution is -2.58. The molecule has 7 heteroatoms. The second-order valence-corrected chi connectivity index (χ2v) is 11.9. The Hall–Kier alpha value is -1.80. The summed E-state index contributed by atoms with van der Waals surface area (Å²) in [6.07, 6.45) is 8.01. The second-order valence-electron chi connectivity index (χ2n) is 11.5. The van der Waals surface area contributed by atoms with Crippen LogP contribution in [0.15, 0.2) is 42.5 Å². The van der Waals surface area contributed by atoms with E-state index in [2.05, 4.69) is 33.8 Å². The van der Waals surface area contributed by atoms with Gasteiger partial charge in [-0.3, -0.25) is 4.79 Å². The number of halogens is 1. The fraction of sp³-hybridized carbons (Fsp3) is 0.639. The molecule has 1 aliphatic heterocycles. The van der Waals surface area contributed by atoms with Gasteiger partial charge in [0.25, 0.3) is 0 Å². The predicted molar refractivity (Wildman–Crippen MR) is 173 cm³/mol. The third-order valence-corrected chi connectivity index (χ3v) is 8.26. The van der Waals surface area contributed by atoms with E-state index in [0.717, 1.165) is 74.3 Å². The van der Waals surface area contributed by atoms with Crippen molar-refractivity contribution in [2.75, 3.05) is 33.0 Å². The molecule has 0 spiro atoms. The quantitative estimate of drug-likeness (QED) is 0.103. The van der Waals surface area contributed by atoms with Gasteiger partial charge in [-0.1, -0.05) is 101 Å². The molecule has 0 saturated carbocycles. The monoisotopic (exact) mass is 616 g/mol. The Kier molecular flexibility index (Phi) is 16.8. The van der Waals surface area contributed by atoms with Crippen LogP contribution in [0.4, 0.5) is 0 Å². The summed E-state index contributed by atoms with van der Waals surface area (Å²) in [5.41, 5.74) is 3.73. The zero-order valence-corrected chi connectivity index (χ0v) is 27.5. The number of benzene rings is 2. The maximum atomic E-state index is 11.1. The summed E-state index contributed by atoms with van der Waals surface area (Å²) in [5.74, 6) is 0. The van der Waals surface area contributed by atoms with Crippen LogP contribution >= 0.6 is 11.6 Å². The molecule has 3 rings (SSSR count). The van der Waals surface area contributed by atoms with Gasteiger partial charge in [0, 0.05) is 37.0 Å². The van der Waals surface area contributed by atoms with Crippen LogP contribution in [0.3, 0.4) is 0 Å². The molecule has 1 saturated heterocycles. The lowest BCUT2D eigenvalue weighted by molar-refractivity contribution is -0.268. The first kappa shape index (κ1) is 35.7. The zero-order chi connectivity index (χ0) is 30.9. The van der Waals surface area contributed by atoms with Crippen LogP contribution in [0.2, 0.25) is 5.02 Å². The summed E-state index contributed by atoms with van der Waals surface area (Å²) in [6.45, 7) is 11.7. The second kappa shape index (κ2) is 20.3. The van der Waals surface area contributed by atoms with Crippen molar-refractivity contribution in [2.24, 2.45) is 0 Å². The Labute approximate surface area is 264 Å². The number of hydrogen-bond acceptors (Lipinski definition) is 6. The van der Waals surface area contributed by atoms with E-state index in [1.807, 2.05) is 36.4 Å². The van der Waals surface area contributed by atoms with Crippen LogP contribution in [0.5, 0.6) is 0 Å². The summed E-state index contributed by atoms with van der Waals surface area (Å²) < 4.78 is 32.9. The van der Waals surface area contributed by atoms with Gasteiger partial charge in [0.15, 0.2) is 0 Å². The van der Waals surface area contributed by atoms with Crippen LogP contribution in [-0.4, -0.2) is 63.7 Å². The van der Waals surface area contributed by atoms with Crippen LogP contribution in [0.1, 0.15) is 112 Å². The fourth-order valence-corrected chi connectivity index (χ4v) is 5.45. The smallest absolute Gasteiger partial charge is 0.150 e. The fourth-order valence-electron chi connectivity index (χ4n) is 5.27. The van der Waals surface area contributed by atoms with Gasteiger partial charge in [-0.15, -0.1) is 0 Å². The van der Waals surface area contributed by atoms with Crippen molar-refractivity contribution >= 4 is 17.9 Å². The molecule has 240 valence electrons. The first-order valence-corrected chi connectivity index (χ1v) is 16.8. The molecular formula is C36H53ClO6. The maximum absolute atomic E-state index is 11.1. The average Bonchev–Trinajstić information content (AvgIpc) is 3.02. The maximum Gasteiger partial charge on any atom is 0.150 e. The van der Waals surface area contributed by atoms with Crippen molar-refractivity contribution in [3.63, 3.8) is 0 Å². The molecule has 0 bridgehead atoms. The summed E-state index contributed by atoms with van der Waals surface area (Å²) in [4.78, 5) is 11.1. The minimum atomic E-state index is -0.372. The molecule has 1 heterocycles. The van der Waals surface area contributed by atoms with Crippen molar-refractivity contribution in [1.29, 1.82) is 0 Å². The number of carbonyl (C=O) groups excluding carboxylic acids is 1. The standard InChI is InChI=1S/C36H53ClO6/c1-5-9-19-39-26-32-34(40-20-10-6-2)36(42-22-12-8-4)35(41-21-11-7-3)33(43-32)29-17-18-31(37)30(24-29)23-27-13-15-28(25-38)16-14-27/h13-18,24-25,32-36H,5-12,19-23,26H2,1-4H3/t32-,33+,34-,35+,36+/m1/s1. The number of carbonyl (C=O) groups is 1. The molecule has 1 aliphatic rings. The number of rotatable bonds is 21. The third-order valence-electron chi connectivity index (χ3n) is 7.89. The van der Waals surface area contributed by atoms with Gasteiger partial charge < -0.3 is 23.7 Å². The highest BCUT2D eigenvalue weighted by atomic mass is 35.5. The Morgan fingerprint density at radius 3 is 1.93 bits per heavy atom. The van der Waals surface area contributed by atoms with E-state index in [4.69, 9.17) is 35.3 Å². The van der Waals surface area contributed by atoms with Crippen LogP contribution < -0.4 is 0 Å². The Balaban J connectivity index is 1.98. The van der Waals surface area contributed by atoms with E-state index >= 15 is 0 Å². The van der Waals surface area contributed by atoms with Gasteiger partial charge in [0.05, 0.1) is 6.61 Å². The predicted octanol–water partition coefficient (Wildman–Crippen LogP) is 8.56. The van der Waals surface area contributed by atoms with E-state index in [9.17, 15) is 4.79 Å². The number of aldehydes is 1. The number of hydrogen-bond donors (Lipinski definition) is 0. The first-order chi connectivity index (χ1) is 21.1. The normalized spacial score (nSPS) is 22.1. The van der Waals surface area contributed by atoms with E-state index in [1.165, 1.54) is 0 Å². The van der Waals surface area contributed by atoms with Gasteiger partial charge in [-0.2, -0.15) is 0 Å². The lowest BCUT2D eigenvalue weighted by Gasteiger charge is -2.46. The molecule has 0 unspecified atom stereocenters. The third kappa shape index (κ3) is 11.3. The van der Waals surface area contributed by atoms with E-state index in [0.29, 0.717) is 50.0 Å². The van der Waals surface area contributed by atoms with Crippen molar-refractivity contribution in [3.8, 4) is 0 Å². The molecule has 6 nitrogen and oxygen atoms in total. The van der Waals surface area contributed by atoms with E-state index in [1.54, 1.807) is 0 Å². The molecule has 0 N–H and O–H groups in total. The average molecular weight is 617 g/mol. The van der Waals surface area contributed by atoms with Crippen LogP contribution in [-0.2, 0) is 30.1 Å². The molecule has 5 atom stereocenters. The molecule has 0 amide bonds. The number of unbranched alkanes of at least 4 members (excludes halogenated alkanes) is 4. The Bertz CT molecular complexity index is 1040. The highest BCUT2D eigenvalue weighted by Crippen LogP contribution is 2.39. The first-order valence-electron chi connectivity index (χ1n) is 16.5. The molecule has 43 heavy (non-hydrogen) atoms. The van der Waals surface area contributed by atoms with Crippen LogP contribution in [0.25, 0.3) is 0 Å². The van der Waals surface area contributed by atoms with E-state index in [-0.39, 0.29) is 30.5 Å². The summed E-state index contributed by atoms with van der Waals surface area (Å²) in [7, 11) is 0. The van der Waals surface area contributed by atoms with Gasteiger partial charge in [0.1, 0.15) is 36.8 Å². The largest absolute Gasteiger partial charge is 0.379 e. The van der Waals surface area contributed by atoms with Crippen molar-refractivity contribution in [2.45, 2.75) is 116 Å². The Morgan fingerprint density at radius 2 is 1.33 bits per heavy atom. The highest BCUT2D eigenvalue weighted by Gasteiger charge is 2.48. The summed E-state index contributed by atoms with van der Waals surface area (Å²) in [5, 5.41) is 0.693. The molecule has 0 aromatic heterocycles. The van der Waals surface area contributed by atoms with Gasteiger partial charge in [0.2, 0.25) is 0 Å². The molecule has 0 aliphatic carbocycles. The summed E-state index contributed by atoms with van der Waals surface area (Å²) in [6, 6.07) is 13.7. The molecular weight excluding hydrogens is 564 g/mol. The topological polar surface area (TPSA) is 63.2 Å². The highest BCUT2D eigenvalue weighted by molar-refractivity contribution is 6.31. The SMILES string of the molecule is CCCCOC[C@H]1O[C@@H](c2ccc(Cl)c(Cc3ccc(C=O)cc3)c2)[C@H](OCCCC)[C@@H](OCCCC)[C@@H]1OCCCC. The minimum absolute atomic E-state index is 0.295. The molecule has 1 fully saturated rings. The molecule has 2 aromatic rings. The summed E-state index contributed by atoms with van der Waals surface area (Å²) >= 11 is 6.72. The number of ether oxygens (including phenoxy) is 5. The zero-order valence-electron chi connectivity index (χ0n) is 26.7. The van der Waals surface area contributed by atoms with Crippen molar-refractivity contribution < 1.29 is 28.5 Å². The van der Waals surface area contributed by atoms with E-state index < -0.39 is 0 Å². The minimum Gasteiger partial charge on any atom is -0.379 e. The lowest BCUT2D eigenvalue weighted by atomic mass is 9.89.